The molecule has 0 aliphatic heterocycles. The highest BCUT2D eigenvalue weighted by molar-refractivity contribution is 8.16. The normalized spacial score (nSPS) is 17.3. The predicted molar refractivity (Wildman–Crippen MR) is 59.1 cm³/mol. The summed E-state index contributed by atoms with van der Waals surface area (Å²) in [5, 5.41) is 18.2. The molecule has 1 aliphatic carbocycles. The fourth-order valence-corrected chi connectivity index (χ4v) is 1.89. The smallest absolute Gasteiger partial charge is 0.279 e. The molecular weight excluding hydrogens is 200 g/mol. The van der Waals surface area contributed by atoms with Crippen LogP contribution < -0.4 is 5.14 Å². The van der Waals surface area contributed by atoms with Gasteiger partial charge in [0.2, 0.25) is 0 Å². The second kappa shape index (κ2) is 4.74. The summed E-state index contributed by atoms with van der Waals surface area (Å²) < 4.78 is 0. The molecule has 1 rings (SSSR count). The molecule has 1 unspecified atom stereocenters. The van der Waals surface area contributed by atoms with Crippen molar-refractivity contribution in [2.45, 2.75) is 13.3 Å². The average molecular weight is 210 g/mol. The van der Waals surface area contributed by atoms with Crippen molar-refractivity contribution >= 4 is 16.0 Å². The topological polar surface area (TPSA) is 69.2 Å². The molecule has 2 N–H and O–H groups in total. The van der Waals surface area contributed by atoms with E-state index in [1.54, 1.807) is 18.4 Å². The van der Waals surface area contributed by atoms with Crippen molar-refractivity contribution in [1.29, 1.82) is 0 Å². The summed E-state index contributed by atoms with van der Waals surface area (Å²) in [4.78, 5) is 10.8. The van der Waals surface area contributed by atoms with Crippen LogP contribution in [0.5, 0.6) is 0 Å². The summed E-state index contributed by atoms with van der Waals surface area (Å²) in [6.07, 6.45) is 3.55. The van der Waals surface area contributed by atoms with Crippen LogP contribution in [0.15, 0.2) is 22.8 Å². The van der Waals surface area contributed by atoms with E-state index in [0.29, 0.717) is 11.3 Å². The second-order valence-corrected chi connectivity index (χ2v) is 4.14. The van der Waals surface area contributed by atoms with Gasteiger partial charge < -0.3 is 0 Å². The summed E-state index contributed by atoms with van der Waals surface area (Å²) in [6.45, 7) is 1.78. The average Bonchev–Trinajstić information content (AvgIpc) is 2.41. The highest BCUT2D eigenvalue weighted by Gasteiger charge is 2.18. The highest BCUT2D eigenvalue weighted by Crippen LogP contribution is 2.26. The molecule has 14 heavy (non-hydrogen) atoms. The van der Waals surface area contributed by atoms with E-state index in [0.717, 1.165) is 0 Å². The Hall–Kier alpha value is -1.38. The zero-order valence-electron chi connectivity index (χ0n) is 7.69. The van der Waals surface area contributed by atoms with Gasteiger partial charge in [-0.3, -0.25) is 15.3 Å². The van der Waals surface area contributed by atoms with Crippen LogP contribution in [0.25, 0.3) is 0 Å². The lowest BCUT2D eigenvalue weighted by Gasteiger charge is -2.04. The lowest BCUT2D eigenvalue weighted by Crippen LogP contribution is -2.04. The summed E-state index contributed by atoms with van der Waals surface area (Å²) in [5.74, 6) is 5.39. The molecule has 0 aromatic rings. The molecular formula is C9H10N2O2S. The second-order valence-electron chi connectivity index (χ2n) is 2.49. The molecule has 74 valence electrons. The van der Waals surface area contributed by atoms with Crippen molar-refractivity contribution in [3.8, 4) is 11.8 Å². The van der Waals surface area contributed by atoms with Crippen LogP contribution in [0.2, 0.25) is 0 Å². The van der Waals surface area contributed by atoms with Crippen molar-refractivity contribution in [1.82, 2.24) is 0 Å². The largest absolute Gasteiger partial charge is 0.291 e. The Morgan fingerprint density at radius 2 is 2.50 bits per heavy atom. The fraction of sp³-hybridized carbons (Fsp3) is 0.222. The molecule has 0 saturated carbocycles. The number of hydrogen-bond donors (Lipinski definition) is 1. The van der Waals surface area contributed by atoms with Gasteiger partial charge in [-0.05, 0) is 12.3 Å². The van der Waals surface area contributed by atoms with Gasteiger partial charge in [-0.25, -0.2) is 0 Å². The quantitative estimate of drug-likeness (QED) is 0.324. The van der Waals surface area contributed by atoms with E-state index in [9.17, 15) is 10.1 Å². The lowest BCUT2D eigenvalue weighted by atomic mass is 10.3. The maximum Gasteiger partial charge on any atom is 0.291 e. The molecule has 1 aliphatic rings. The van der Waals surface area contributed by atoms with Crippen LogP contribution in [-0.4, -0.2) is 10.3 Å². The minimum absolute atomic E-state index is 0.0129. The Balaban J connectivity index is 3.16. The predicted octanol–water partition coefficient (Wildman–Crippen LogP) is 1.40. The van der Waals surface area contributed by atoms with Gasteiger partial charge in [0.15, 0.2) is 0 Å². The van der Waals surface area contributed by atoms with E-state index in [4.69, 9.17) is 5.14 Å². The van der Waals surface area contributed by atoms with E-state index in [-0.39, 0.29) is 5.70 Å². The molecule has 5 heteroatoms. The Morgan fingerprint density at radius 3 is 3.07 bits per heavy atom. The number of nitro groups is 1. The van der Waals surface area contributed by atoms with Crippen LogP contribution in [-0.2, 0) is 0 Å². The Morgan fingerprint density at radius 1 is 1.79 bits per heavy atom. The van der Waals surface area contributed by atoms with Gasteiger partial charge in [-0.2, -0.15) is 0 Å². The van der Waals surface area contributed by atoms with Gasteiger partial charge in [-0.15, -0.1) is 0 Å². The molecule has 0 aromatic carbocycles. The summed E-state index contributed by atoms with van der Waals surface area (Å²) in [7, 11) is -0.679. The van der Waals surface area contributed by atoms with Crippen LogP contribution in [0.3, 0.4) is 0 Å². The first-order chi connectivity index (χ1) is 6.66. The Labute approximate surface area is 84.7 Å². The van der Waals surface area contributed by atoms with Gasteiger partial charge in [0.05, 0.1) is 15.9 Å². The summed E-state index contributed by atoms with van der Waals surface area (Å²) in [5.41, 5.74) is 0.0129. The SMILES string of the molecule is C/C=S(\N)C1=CCC#CC=C1[N+](=O)[O-]. The third-order valence-electron chi connectivity index (χ3n) is 1.66. The van der Waals surface area contributed by atoms with Gasteiger partial charge in [-0.1, -0.05) is 28.6 Å². The fourth-order valence-electron chi connectivity index (χ4n) is 0.984. The maximum absolute atomic E-state index is 10.7. The highest BCUT2D eigenvalue weighted by atomic mass is 32.2. The van der Waals surface area contributed by atoms with Gasteiger partial charge in [0, 0.05) is 6.42 Å². The number of rotatable bonds is 2. The van der Waals surface area contributed by atoms with E-state index in [1.807, 2.05) is 0 Å². The lowest BCUT2D eigenvalue weighted by molar-refractivity contribution is -0.419. The Kier molecular flexibility index (Phi) is 3.63. The summed E-state index contributed by atoms with van der Waals surface area (Å²) >= 11 is 0. The first-order valence-corrected chi connectivity index (χ1v) is 5.32. The minimum Gasteiger partial charge on any atom is -0.279 e. The van der Waals surface area contributed by atoms with Crippen LogP contribution >= 0.6 is 10.7 Å². The molecule has 4 nitrogen and oxygen atoms in total. The zero-order chi connectivity index (χ0) is 10.6. The number of nitrogens with two attached hydrogens (primary N) is 1. The van der Waals surface area contributed by atoms with E-state index >= 15 is 0 Å². The molecule has 0 aromatic heterocycles. The van der Waals surface area contributed by atoms with Crippen molar-refractivity contribution < 1.29 is 4.92 Å². The molecule has 0 fully saturated rings. The Bertz CT molecular complexity index is 410. The third kappa shape index (κ3) is 2.31. The van der Waals surface area contributed by atoms with Gasteiger partial charge in [0.25, 0.3) is 5.70 Å². The molecule has 1 atom stereocenters. The first kappa shape index (κ1) is 10.7. The third-order valence-corrected chi connectivity index (χ3v) is 3.05. The van der Waals surface area contributed by atoms with Gasteiger partial charge >= 0.3 is 0 Å². The van der Waals surface area contributed by atoms with E-state index in [2.05, 4.69) is 11.8 Å². The number of hydrogen-bond acceptors (Lipinski definition) is 3. The monoisotopic (exact) mass is 210 g/mol. The van der Waals surface area contributed by atoms with Crippen molar-refractivity contribution in [3.63, 3.8) is 0 Å². The molecule has 0 radical (unpaired) electrons. The zero-order valence-corrected chi connectivity index (χ0v) is 8.50. The van der Waals surface area contributed by atoms with Crippen LogP contribution in [0, 0.1) is 22.0 Å². The van der Waals surface area contributed by atoms with E-state index in [1.165, 1.54) is 6.08 Å². The molecule has 0 spiro atoms. The van der Waals surface area contributed by atoms with Crippen LogP contribution in [0.1, 0.15) is 13.3 Å². The van der Waals surface area contributed by atoms with Gasteiger partial charge in [0.1, 0.15) is 0 Å². The molecule has 0 amide bonds. The van der Waals surface area contributed by atoms with Crippen LogP contribution in [0.4, 0.5) is 0 Å². The molecule has 0 bridgehead atoms. The molecule has 0 saturated heterocycles. The maximum atomic E-state index is 10.7. The van der Waals surface area contributed by atoms with Crippen molar-refractivity contribution in [2.75, 3.05) is 0 Å². The standard InChI is InChI=1S/C9H10N2O2S/c1-2-14(10)9-7-5-3-4-6-8(9)11(12)13/h2,6-7H,5,10H2,1H3. The number of allylic oxidation sites excluding steroid dienone is 2. The van der Waals surface area contributed by atoms with Crippen molar-refractivity contribution in [3.05, 3.63) is 32.9 Å². The van der Waals surface area contributed by atoms with E-state index < -0.39 is 15.6 Å². The number of nitrogens with zero attached hydrogens (tertiary/aromatic N) is 1. The molecule has 0 heterocycles. The minimum atomic E-state index is -0.679. The summed E-state index contributed by atoms with van der Waals surface area (Å²) in [6, 6.07) is 0. The first-order valence-electron chi connectivity index (χ1n) is 3.97. The van der Waals surface area contributed by atoms with Crippen molar-refractivity contribution in [2.24, 2.45) is 5.14 Å².